The van der Waals surface area contributed by atoms with Crippen molar-refractivity contribution in [1.29, 1.82) is 0 Å². The van der Waals surface area contributed by atoms with E-state index in [0.717, 1.165) is 42.1 Å². The number of carboxylic acids is 1. The Labute approximate surface area is 163 Å². The molecule has 1 amide bonds. The molecule has 1 aromatic carbocycles. The van der Waals surface area contributed by atoms with Crippen molar-refractivity contribution in [2.24, 2.45) is 11.5 Å². The van der Waals surface area contributed by atoms with Crippen LogP contribution in [0.2, 0.25) is 5.02 Å². The number of carbonyl (C=O) groups excluding carboxylic acids is 1. The number of amides is 1. The molecule has 1 heterocycles. The van der Waals surface area contributed by atoms with Crippen LogP contribution in [-0.4, -0.2) is 34.2 Å². The van der Waals surface area contributed by atoms with Crippen LogP contribution in [0.25, 0.3) is 10.9 Å². The van der Waals surface area contributed by atoms with Crippen molar-refractivity contribution >= 4 is 34.4 Å². The summed E-state index contributed by atoms with van der Waals surface area (Å²) in [5.74, 6) is -2.94. The Kier molecular flexibility index (Phi) is 6.84. The Morgan fingerprint density at radius 2 is 1.71 bits per heavy atom. The van der Waals surface area contributed by atoms with Crippen LogP contribution in [-0.2, 0) is 4.79 Å². The molecule has 0 aliphatic heterocycles. The van der Waals surface area contributed by atoms with Crippen molar-refractivity contribution < 1.29 is 27.9 Å². The van der Waals surface area contributed by atoms with E-state index < -0.39 is 18.1 Å². The van der Waals surface area contributed by atoms with Crippen molar-refractivity contribution in [3.8, 4) is 0 Å². The van der Waals surface area contributed by atoms with E-state index in [2.05, 4.69) is 4.98 Å². The quantitative estimate of drug-likeness (QED) is 0.689. The zero-order valence-corrected chi connectivity index (χ0v) is 15.4. The maximum absolute atomic E-state index is 11.7. The highest BCUT2D eigenvalue weighted by atomic mass is 35.5. The summed E-state index contributed by atoms with van der Waals surface area (Å²) >= 11 is 6.04. The molecule has 0 atom stereocenters. The van der Waals surface area contributed by atoms with Crippen LogP contribution >= 0.6 is 11.6 Å². The fourth-order valence-electron chi connectivity index (χ4n) is 3.10. The number of carbonyl (C=O) groups is 2. The van der Waals surface area contributed by atoms with Crippen molar-refractivity contribution in [1.82, 2.24) is 4.98 Å². The highest BCUT2D eigenvalue weighted by molar-refractivity contribution is 6.31. The molecule has 1 aromatic heterocycles. The molecule has 1 aliphatic carbocycles. The molecule has 3 rings (SSSR count). The zero-order valence-electron chi connectivity index (χ0n) is 14.7. The molecule has 10 heteroatoms. The van der Waals surface area contributed by atoms with Gasteiger partial charge in [0.25, 0.3) is 5.91 Å². The van der Waals surface area contributed by atoms with E-state index in [4.69, 9.17) is 33.0 Å². The van der Waals surface area contributed by atoms with Gasteiger partial charge in [-0.25, -0.2) is 9.78 Å². The molecule has 5 N–H and O–H groups in total. The molecule has 0 radical (unpaired) electrons. The van der Waals surface area contributed by atoms with E-state index in [1.807, 2.05) is 18.2 Å². The number of nitrogens with two attached hydrogens (primary N) is 2. The molecular formula is C18H19ClF3N3O3. The fraction of sp³-hybridized carbons (Fsp3) is 0.389. The number of alkyl halides is 3. The first-order valence-electron chi connectivity index (χ1n) is 8.44. The van der Waals surface area contributed by atoms with Crippen LogP contribution in [0, 0.1) is 0 Å². The summed E-state index contributed by atoms with van der Waals surface area (Å²) in [6, 6.07) is 7.72. The lowest BCUT2D eigenvalue weighted by Gasteiger charge is -2.27. The van der Waals surface area contributed by atoms with Crippen molar-refractivity contribution in [3.05, 3.63) is 40.5 Å². The number of benzene rings is 1. The number of pyridine rings is 1. The molecule has 0 spiro atoms. The predicted octanol–water partition coefficient (Wildman–Crippen LogP) is 3.61. The third-order valence-corrected chi connectivity index (χ3v) is 4.73. The molecule has 2 aromatic rings. The number of hydrogen-bond acceptors (Lipinski definition) is 4. The first-order chi connectivity index (χ1) is 13.0. The Bertz CT molecular complexity index is 881. The summed E-state index contributed by atoms with van der Waals surface area (Å²) in [6.07, 6.45) is -1.21. The maximum atomic E-state index is 11.7. The third-order valence-electron chi connectivity index (χ3n) is 4.49. The van der Waals surface area contributed by atoms with Crippen molar-refractivity contribution in [3.63, 3.8) is 0 Å². The summed E-state index contributed by atoms with van der Waals surface area (Å²) in [5.41, 5.74) is 13.5. The second-order valence-corrected chi connectivity index (χ2v) is 6.98. The molecule has 1 aliphatic rings. The highest BCUT2D eigenvalue weighted by Crippen LogP contribution is 2.35. The molecule has 1 fully saturated rings. The molecule has 6 nitrogen and oxygen atoms in total. The van der Waals surface area contributed by atoms with Crippen LogP contribution in [0.5, 0.6) is 0 Å². The van der Waals surface area contributed by atoms with Gasteiger partial charge in [0.15, 0.2) is 0 Å². The molecule has 1 saturated carbocycles. The van der Waals surface area contributed by atoms with Gasteiger partial charge in [-0.05, 0) is 61.4 Å². The van der Waals surface area contributed by atoms with Gasteiger partial charge in [0.1, 0.15) is 5.69 Å². The second-order valence-electron chi connectivity index (χ2n) is 6.54. The second kappa shape index (κ2) is 8.74. The average molecular weight is 418 g/mol. The van der Waals surface area contributed by atoms with Gasteiger partial charge in [0.2, 0.25) is 0 Å². The van der Waals surface area contributed by atoms with Gasteiger partial charge in [-0.15, -0.1) is 0 Å². The van der Waals surface area contributed by atoms with Crippen LogP contribution in [0.4, 0.5) is 13.2 Å². The number of fused-ring (bicyclic) bond motifs is 1. The van der Waals surface area contributed by atoms with Gasteiger partial charge in [0.05, 0.1) is 5.52 Å². The Hall–Kier alpha value is -2.39. The van der Waals surface area contributed by atoms with E-state index >= 15 is 0 Å². The van der Waals surface area contributed by atoms with E-state index in [0.29, 0.717) is 16.6 Å². The molecule has 152 valence electrons. The minimum Gasteiger partial charge on any atom is -0.475 e. The SMILES string of the molecule is NC(=O)c1nc2ccc(Cl)cc2cc1C1CCC(N)CC1.O=C(O)C(F)(F)F. The number of hydrogen-bond donors (Lipinski definition) is 3. The number of primary amides is 1. The standard InChI is InChI=1S/C16H18ClN3O.C2HF3O2/c17-11-3-6-14-10(7-11)8-13(15(20-14)16(19)21)9-1-4-12(18)5-2-9;3-2(4,5)1(6)7/h3,6-9,12H,1-2,4-5,18H2,(H2,19,21);(H,6,7). The van der Waals surface area contributed by atoms with Crippen LogP contribution in [0.3, 0.4) is 0 Å². The maximum Gasteiger partial charge on any atom is 0.490 e. The first kappa shape index (κ1) is 21.9. The Morgan fingerprint density at radius 3 is 2.21 bits per heavy atom. The fourth-order valence-corrected chi connectivity index (χ4v) is 3.28. The van der Waals surface area contributed by atoms with Crippen LogP contribution < -0.4 is 11.5 Å². The monoisotopic (exact) mass is 417 g/mol. The van der Waals surface area contributed by atoms with Gasteiger partial charge >= 0.3 is 12.1 Å². The van der Waals surface area contributed by atoms with Gasteiger partial charge in [-0.3, -0.25) is 4.79 Å². The number of aromatic nitrogens is 1. The highest BCUT2D eigenvalue weighted by Gasteiger charge is 2.38. The largest absolute Gasteiger partial charge is 0.490 e. The van der Waals surface area contributed by atoms with Crippen molar-refractivity contribution in [2.75, 3.05) is 0 Å². The topological polar surface area (TPSA) is 119 Å². The van der Waals surface area contributed by atoms with E-state index in [1.165, 1.54) is 0 Å². The number of halogens is 4. The van der Waals surface area contributed by atoms with E-state index in [-0.39, 0.29) is 6.04 Å². The van der Waals surface area contributed by atoms with Crippen LogP contribution in [0.1, 0.15) is 47.7 Å². The number of rotatable bonds is 2. The minimum atomic E-state index is -5.08. The number of carboxylic acid groups (broad SMARTS) is 1. The summed E-state index contributed by atoms with van der Waals surface area (Å²) in [5, 5.41) is 8.73. The van der Waals surface area contributed by atoms with Gasteiger partial charge in [-0.1, -0.05) is 11.6 Å². The third kappa shape index (κ3) is 5.56. The molecule has 0 bridgehead atoms. The van der Waals surface area contributed by atoms with E-state index in [1.54, 1.807) is 6.07 Å². The van der Waals surface area contributed by atoms with Crippen molar-refractivity contribution in [2.45, 2.75) is 43.8 Å². The summed E-state index contributed by atoms with van der Waals surface area (Å²) in [6.45, 7) is 0. The molecule has 0 unspecified atom stereocenters. The number of aliphatic carboxylic acids is 1. The lowest BCUT2D eigenvalue weighted by atomic mass is 9.81. The smallest absolute Gasteiger partial charge is 0.475 e. The summed E-state index contributed by atoms with van der Waals surface area (Å²) < 4.78 is 31.7. The molecular weight excluding hydrogens is 399 g/mol. The normalized spacial score (nSPS) is 19.6. The zero-order chi connectivity index (χ0) is 21.1. The Balaban J connectivity index is 0.000000345. The van der Waals surface area contributed by atoms with Gasteiger partial charge in [0, 0.05) is 16.5 Å². The summed E-state index contributed by atoms with van der Waals surface area (Å²) in [7, 11) is 0. The van der Waals surface area contributed by atoms with E-state index in [9.17, 15) is 18.0 Å². The minimum absolute atomic E-state index is 0.265. The molecule has 0 saturated heterocycles. The predicted molar refractivity (Wildman–Crippen MR) is 98.1 cm³/mol. The first-order valence-corrected chi connectivity index (χ1v) is 8.82. The lowest BCUT2D eigenvalue weighted by molar-refractivity contribution is -0.192. The summed E-state index contributed by atoms with van der Waals surface area (Å²) in [4.78, 5) is 25.1. The Morgan fingerprint density at radius 1 is 1.14 bits per heavy atom. The number of nitrogens with zero attached hydrogens (tertiary/aromatic N) is 1. The van der Waals surface area contributed by atoms with Gasteiger partial charge in [-0.2, -0.15) is 13.2 Å². The molecule has 28 heavy (non-hydrogen) atoms. The van der Waals surface area contributed by atoms with Crippen LogP contribution in [0.15, 0.2) is 24.3 Å². The average Bonchev–Trinajstić information content (AvgIpc) is 2.60. The van der Waals surface area contributed by atoms with Gasteiger partial charge < -0.3 is 16.6 Å². The lowest BCUT2D eigenvalue weighted by Crippen LogP contribution is -2.27.